The number of sulfone groups is 1. The summed E-state index contributed by atoms with van der Waals surface area (Å²) in [6.45, 7) is 3.08. The Labute approximate surface area is 133 Å². The van der Waals surface area contributed by atoms with Gasteiger partial charge in [-0.2, -0.15) is 0 Å². The standard InChI is InChI=1S/C16H15F2NO3S/c1-10(2)23(21,22)13-5-3-4-11(8-13)16(20)19-15-7-6-12(17)9-14(15)18/h3-10H,1-2H3,(H,19,20). The van der Waals surface area contributed by atoms with Crippen LogP contribution in [0.15, 0.2) is 47.4 Å². The van der Waals surface area contributed by atoms with Crippen LogP contribution in [-0.4, -0.2) is 19.6 Å². The van der Waals surface area contributed by atoms with Crippen LogP contribution in [0.2, 0.25) is 0 Å². The lowest BCUT2D eigenvalue weighted by molar-refractivity contribution is 0.102. The number of hydrogen-bond donors (Lipinski definition) is 1. The van der Waals surface area contributed by atoms with Crippen molar-refractivity contribution in [2.75, 3.05) is 5.32 Å². The lowest BCUT2D eigenvalue weighted by Gasteiger charge is -2.10. The third-order valence-corrected chi connectivity index (χ3v) is 5.38. The predicted molar refractivity (Wildman–Crippen MR) is 83.1 cm³/mol. The molecular formula is C16H15F2NO3S. The highest BCUT2D eigenvalue weighted by molar-refractivity contribution is 7.92. The maximum atomic E-state index is 13.6. The molecule has 0 aliphatic heterocycles. The van der Waals surface area contributed by atoms with Crippen molar-refractivity contribution >= 4 is 21.4 Å². The fourth-order valence-electron chi connectivity index (χ4n) is 1.87. The average molecular weight is 339 g/mol. The molecule has 0 unspecified atom stereocenters. The first-order valence-corrected chi connectivity index (χ1v) is 8.37. The van der Waals surface area contributed by atoms with Crippen molar-refractivity contribution < 1.29 is 22.0 Å². The van der Waals surface area contributed by atoms with Gasteiger partial charge in [0, 0.05) is 11.6 Å². The zero-order valence-electron chi connectivity index (χ0n) is 12.5. The van der Waals surface area contributed by atoms with Crippen LogP contribution in [0.4, 0.5) is 14.5 Å². The number of carbonyl (C=O) groups excluding carboxylic acids is 1. The van der Waals surface area contributed by atoms with E-state index in [1.165, 1.54) is 38.1 Å². The Morgan fingerprint density at radius 3 is 2.39 bits per heavy atom. The van der Waals surface area contributed by atoms with Gasteiger partial charge in [-0.05, 0) is 44.2 Å². The molecular weight excluding hydrogens is 324 g/mol. The summed E-state index contributed by atoms with van der Waals surface area (Å²) in [4.78, 5) is 12.1. The van der Waals surface area contributed by atoms with E-state index < -0.39 is 32.6 Å². The number of halogens is 2. The number of benzene rings is 2. The second-order valence-corrected chi connectivity index (χ2v) is 7.70. The Kier molecular flexibility index (Phi) is 4.79. The average Bonchev–Trinajstić information content (AvgIpc) is 2.50. The van der Waals surface area contributed by atoms with E-state index in [1.54, 1.807) is 0 Å². The van der Waals surface area contributed by atoms with Crippen molar-refractivity contribution in [3.05, 3.63) is 59.7 Å². The molecule has 122 valence electrons. The monoisotopic (exact) mass is 339 g/mol. The van der Waals surface area contributed by atoms with Gasteiger partial charge in [-0.15, -0.1) is 0 Å². The van der Waals surface area contributed by atoms with Gasteiger partial charge in [-0.25, -0.2) is 17.2 Å². The molecule has 2 aromatic carbocycles. The minimum atomic E-state index is -3.52. The Morgan fingerprint density at radius 1 is 1.09 bits per heavy atom. The van der Waals surface area contributed by atoms with Gasteiger partial charge in [-0.1, -0.05) is 6.07 Å². The second-order valence-electron chi connectivity index (χ2n) is 5.20. The SMILES string of the molecule is CC(C)S(=O)(=O)c1cccc(C(=O)Nc2ccc(F)cc2F)c1. The first kappa shape index (κ1) is 17.1. The molecule has 0 aliphatic carbocycles. The van der Waals surface area contributed by atoms with Crippen LogP contribution in [0.1, 0.15) is 24.2 Å². The molecule has 2 rings (SSSR count). The van der Waals surface area contributed by atoms with Crippen molar-refractivity contribution in [1.29, 1.82) is 0 Å². The summed E-state index contributed by atoms with van der Waals surface area (Å²) in [5, 5.41) is 1.66. The minimum absolute atomic E-state index is 0.0136. The molecule has 1 N–H and O–H groups in total. The summed E-state index contributed by atoms with van der Waals surface area (Å²) in [6, 6.07) is 8.23. The van der Waals surface area contributed by atoms with Gasteiger partial charge in [0.25, 0.3) is 5.91 Å². The number of rotatable bonds is 4. The zero-order valence-corrected chi connectivity index (χ0v) is 13.3. The molecule has 0 saturated carbocycles. The van der Waals surface area contributed by atoms with E-state index in [0.29, 0.717) is 6.07 Å². The Balaban J connectivity index is 2.30. The van der Waals surface area contributed by atoms with Crippen LogP contribution in [0.25, 0.3) is 0 Å². The topological polar surface area (TPSA) is 63.2 Å². The molecule has 2 aromatic rings. The molecule has 0 saturated heterocycles. The molecule has 23 heavy (non-hydrogen) atoms. The lowest BCUT2D eigenvalue weighted by Crippen LogP contribution is -2.17. The van der Waals surface area contributed by atoms with Crippen LogP contribution in [0.3, 0.4) is 0 Å². The largest absolute Gasteiger partial charge is 0.319 e. The maximum Gasteiger partial charge on any atom is 0.255 e. The Bertz CT molecular complexity index is 848. The molecule has 0 fully saturated rings. The van der Waals surface area contributed by atoms with Crippen molar-refractivity contribution in [2.45, 2.75) is 24.0 Å². The molecule has 1 amide bonds. The van der Waals surface area contributed by atoms with Crippen LogP contribution >= 0.6 is 0 Å². The molecule has 4 nitrogen and oxygen atoms in total. The number of anilines is 1. The van der Waals surface area contributed by atoms with E-state index in [9.17, 15) is 22.0 Å². The van der Waals surface area contributed by atoms with E-state index in [4.69, 9.17) is 0 Å². The summed E-state index contributed by atoms with van der Waals surface area (Å²) in [5.74, 6) is -2.36. The molecule has 7 heteroatoms. The third kappa shape index (κ3) is 3.73. The molecule has 0 radical (unpaired) electrons. The predicted octanol–water partition coefficient (Wildman–Crippen LogP) is 3.40. The van der Waals surface area contributed by atoms with Crippen molar-refractivity contribution in [2.24, 2.45) is 0 Å². The smallest absolute Gasteiger partial charge is 0.255 e. The Hall–Kier alpha value is -2.28. The molecule has 0 spiro atoms. The van der Waals surface area contributed by atoms with E-state index in [-0.39, 0.29) is 16.1 Å². The number of hydrogen-bond acceptors (Lipinski definition) is 3. The first-order valence-electron chi connectivity index (χ1n) is 6.82. The van der Waals surface area contributed by atoms with Crippen molar-refractivity contribution in [1.82, 2.24) is 0 Å². The molecule has 0 bridgehead atoms. The second kappa shape index (κ2) is 6.45. The normalized spacial score (nSPS) is 11.5. The van der Waals surface area contributed by atoms with Crippen LogP contribution in [0.5, 0.6) is 0 Å². The zero-order chi connectivity index (χ0) is 17.2. The fourth-order valence-corrected chi connectivity index (χ4v) is 2.98. The number of amides is 1. The summed E-state index contributed by atoms with van der Waals surface area (Å²) in [5.41, 5.74) is -0.121. The summed E-state index contributed by atoms with van der Waals surface area (Å²) >= 11 is 0. The highest BCUT2D eigenvalue weighted by Gasteiger charge is 2.20. The van der Waals surface area contributed by atoms with Gasteiger partial charge in [-0.3, -0.25) is 4.79 Å². The van der Waals surface area contributed by atoms with E-state index in [0.717, 1.165) is 12.1 Å². The fraction of sp³-hybridized carbons (Fsp3) is 0.188. The number of nitrogens with one attached hydrogen (secondary N) is 1. The van der Waals surface area contributed by atoms with E-state index >= 15 is 0 Å². The van der Waals surface area contributed by atoms with Gasteiger partial charge in [0.1, 0.15) is 11.6 Å². The van der Waals surface area contributed by atoms with Gasteiger partial charge >= 0.3 is 0 Å². The maximum absolute atomic E-state index is 13.6. The molecule has 0 aromatic heterocycles. The molecule has 0 aliphatic rings. The van der Waals surface area contributed by atoms with Gasteiger partial charge in [0.15, 0.2) is 9.84 Å². The first-order chi connectivity index (χ1) is 10.7. The summed E-state index contributed by atoms with van der Waals surface area (Å²) in [6.07, 6.45) is 0. The quantitative estimate of drug-likeness (QED) is 0.928. The highest BCUT2D eigenvalue weighted by atomic mass is 32.2. The van der Waals surface area contributed by atoms with Crippen LogP contribution < -0.4 is 5.32 Å². The minimum Gasteiger partial charge on any atom is -0.319 e. The van der Waals surface area contributed by atoms with Gasteiger partial charge in [0.2, 0.25) is 0 Å². The van der Waals surface area contributed by atoms with Crippen LogP contribution in [-0.2, 0) is 9.84 Å². The third-order valence-electron chi connectivity index (χ3n) is 3.22. The molecule has 0 atom stereocenters. The molecule has 0 heterocycles. The summed E-state index contributed by atoms with van der Waals surface area (Å²) in [7, 11) is -3.52. The van der Waals surface area contributed by atoms with E-state index in [1.807, 2.05) is 0 Å². The van der Waals surface area contributed by atoms with Gasteiger partial charge < -0.3 is 5.32 Å². The van der Waals surface area contributed by atoms with Crippen molar-refractivity contribution in [3.63, 3.8) is 0 Å². The van der Waals surface area contributed by atoms with Gasteiger partial charge in [0.05, 0.1) is 15.8 Å². The lowest BCUT2D eigenvalue weighted by atomic mass is 10.2. The highest BCUT2D eigenvalue weighted by Crippen LogP contribution is 2.19. The number of carbonyl (C=O) groups is 1. The summed E-state index contributed by atoms with van der Waals surface area (Å²) < 4.78 is 50.6. The van der Waals surface area contributed by atoms with Crippen molar-refractivity contribution in [3.8, 4) is 0 Å². The Morgan fingerprint density at radius 2 is 1.78 bits per heavy atom. The van der Waals surface area contributed by atoms with Crippen LogP contribution in [0, 0.1) is 11.6 Å². The van der Waals surface area contributed by atoms with E-state index in [2.05, 4.69) is 5.32 Å².